The van der Waals surface area contributed by atoms with E-state index >= 15 is 0 Å². The number of carbonyl (C=O) groups is 2. The molecule has 2 aromatic heterocycles. The number of nitrogens with zero attached hydrogens (tertiary/aromatic N) is 1. The van der Waals surface area contributed by atoms with E-state index in [0.717, 1.165) is 22.7 Å². The quantitative estimate of drug-likeness (QED) is 0.359. The number of carbonyl (C=O) groups excluding carboxylic acids is 2. The second-order valence-corrected chi connectivity index (χ2v) is 6.23. The maximum atomic E-state index is 12.5. The first-order chi connectivity index (χ1) is 13.0. The lowest BCUT2D eigenvalue weighted by molar-refractivity contribution is -0.136. The molecule has 0 unspecified atom stereocenters. The van der Waals surface area contributed by atoms with Crippen LogP contribution in [-0.4, -0.2) is 22.9 Å². The monoisotopic (exact) mass is 363 g/mol. The molecule has 0 spiro atoms. The van der Waals surface area contributed by atoms with Crippen LogP contribution in [0.25, 0.3) is 6.08 Å². The molecule has 1 aromatic carbocycles. The van der Waals surface area contributed by atoms with E-state index in [9.17, 15) is 9.59 Å². The number of aromatic nitrogens is 1. The Labute approximate surface area is 157 Å². The van der Waals surface area contributed by atoms with Gasteiger partial charge in [0.25, 0.3) is 0 Å². The van der Waals surface area contributed by atoms with Crippen LogP contribution in [0.4, 0.5) is 0 Å². The van der Waals surface area contributed by atoms with Gasteiger partial charge in [0.15, 0.2) is 6.61 Å². The predicted octanol–water partition coefficient (Wildman–Crippen LogP) is 4.19. The van der Waals surface area contributed by atoms with Gasteiger partial charge < -0.3 is 13.7 Å². The molecular formula is C22H21NO4. The van der Waals surface area contributed by atoms with E-state index in [4.69, 9.17) is 9.15 Å². The van der Waals surface area contributed by atoms with Crippen molar-refractivity contribution in [3.8, 4) is 0 Å². The zero-order valence-electron chi connectivity index (χ0n) is 15.3. The first kappa shape index (κ1) is 18.5. The number of furan rings is 1. The molecule has 0 atom stereocenters. The van der Waals surface area contributed by atoms with Gasteiger partial charge in [0.2, 0.25) is 5.78 Å². The Bertz CT molecular complexity index is 950. The van der Waals surface area contributed by atoms with Gasteiger partial charge in [0, 0.05) is 23.0 Å². The van der Waals surface area contributed by atoms with Crippen LogP contribution < -0.4 is 0 Å². The highest BCUT2D eigenvalue weighted by Gasteiger charge is 2.17. The van der Waals surface area contributed by atoms with Gasteiger partial charge in [-0.1, -0.05) is 30.3 Å². The molecule has 5 heteroatoms. The van der Waals surface area contributed by atoms with E-state index in [1.165, 1.54) is 6.08 Å². The number of hydrogen-bond donors (Lipinski definition) is 0. The van der Waals surface area contributed by atoms with Crippen molar-refractivity contribution >= 4 is 17.8 Å². The van der Waals surface area contributed by atoms with Crippen LogP contribution in [0.15, 0.2) is 65.3 Å². The van der Waals surface area contributed by atoms with Crippen molar-refractivity contribution in [1.82, 2.24) is 4.57 Å². The summed E-state index contributed by atoms with van der Waals surface area (Å²) < 4.78 is 12.5. The summed E-state index contributed by atoms with van der Waals surface area (Å²) in [5.41, 5.74) is 3.22. The van der Waals surface area contributed by atoms with Crippen LogP contribution in [0.3, 0.4) is 0 Å². The standard InChI is InChI=1S/C22H21NO4/c1-16-13-20(17(2)23(16)14-19-9-6-12-26-19)21(24)15-27-22(25)11-10-18-7-4-3-5-8-18/h3-13H,14-15H2,1-2H3/b11-10+. The molecule has 0 aliphatic heterocycles. The molecule has 0 aliphatic carbocycles. The summed E-state index contributed by atoms with van der Waals surface area (Å²) >= 11 is 0. The van der Waals surface area contributed by atoms with Crippen molar-refractivity contribution in [2.75, 3.05) is 6.61 Å². The van der Waals surface area contributed by atoms with Crippen molar-refractivity contribution < 1.29 is 18.7 Å². The van der Waals surface area contributed by atoms with Crippen molar-refractivity contribution in [2.45, 2.75) is 20.4 Å². The average Bonchev–Trinajstić information content (AvgIpc) is 3.29. The molecule has 2 heterocycles. The maximum absolute atomic E-state index is 12.5. The molecule has 3 aromatic rings. The molecule has 0 bridgehead atoms. The number of ether oxygens (including phenoxy) is 1. The average molecular weight is 363 g/mol. The topological polar surface area (TPSA) is 61.4 Å². The van der Waals surface area contributed by atoms with Crippen molar-refractivity contribution in [3.63, 3.8) is 0 Å². The summed E-state index contributed by atoms with van der Waals surface area (Å²) in [5, 5.41) is 0. The lowest BCUT2D eigenvalue weighted by atomic mass is 10.1. The van der Waals surface area contributed by atoms with E-state index < -0.39 is 5.97 Å². The van der Waals surface area contributed by atoms with Crippen LogP contribution in [0, 0.1) is 13.8 Å². The van der Waals surface area contributed by atoms with E-state index in [1.807, 2.05) is 66.9 Å². The van der Waals surface area contributed by atoms with Gasteiger partial charge in [-0.2, -0.15) is 0 Å². The van der Waals surface area contributed by atoms with E-state index in [2.05, 4.69) is 0 Å². The highest BCUT2D eigenvalue weighted by molar-refractivity contribution is 6.00. The first-order valence-electron chi connectivity index (χ1n) is 8.67. The fourth-order valence-electron chi connectivity index (χ4n) is 2.88. The zero-order valence-corrected chi connectivity index (χ0v) is 15.3. The van der Waals surface area contributed by atoms with Gasteiger partial charge >= 0.3 is 5.97 Å². The Hall–Kier alpha value is -3.34. The number of rotatable bonds is 7. The molecule has 5 nitrogen and oxygen atoms in total. The molecule has 0 radical (unpaired) electrons. The molecule has 0 aliphatic rings. The number of Topliss-reactive ketones (excluding diaryl/α,β-unsaturated/α-hetero) is 1. The minimum atomic E-state index is -0.545. The smallest absolute Gasteiger partial charge is 0.331 e. The van der Waals surface area contributed by atoms with Crippen molar-refractivity contribution in [1.29, 1.82) is 0 Å². The number of benzene rings is 1. The Morgan fingerprint density at radius 1 is 1.11 bits per heavy atom. The predicted molar refractivity (Wildman–Crippen MR) is 102 cm³/mol. The fraction of sp³-hybridized carbons (Fsp3) is 0.182. The summed E-state index contributed by atoms with van der Waals surface area (Å²) in [6.07, 6.45) is 4.60. The van der Waals surface area contributed by atoms with Gasteiger partial charge in [-0.05, 0) is 43.7 Å². The SMILES string of the molecule is Cc1cc(C(=O)COC(=O)/C=C/c2ccccc2)c(C)n1Cc1ccco1. The Balaban J connectivity index is 1.61. The number of aryl methyl sites for hydroxylation is 1. The molecule has 0 amide bonds. The van der Waals surface area contributed by atoms with Crippen molar-refractivity contribution in [2.24, 2.45) is 0 Å². The van der Waals surface area contributed by atoms with Crippen LogP contribution in [-0.2, 0) is 16.1 Å². The molecular weight excluding hydrogens is 342 g/mol. The minimum Gasteiger partial charge on any atom is -0.467 e. The first-order valence-corrected chi connectivity index (χ1v) is 8.67. The molecule has 27 heavy (non-hydrogen) atoms. The van der Waals surface area contributed by atoms with Gasteiger partial charge in [0.1, 0.15) is 5.76 Å². The third-order valence-electron chi connectivity index (χ3n) is 4.33. The second kappa shape index (κ2) is 8.36. The lowest BCUT2D eigenvalue weighted by Gasteiger charge is -2.08. The highest BCUT2D eigenvalue weighted by Crippen LogP contribution is 2.18. The van der Waals surface area contributed by atoms with Gasteiger partial charge in [-0.15, -0.1) is 0 Å². The Morgan fingerprint density at radius 2 is 1.89 bits per heavy atom. The summed E-state index contributed by atoms with van der Waals surface area (Å²) in [4.78, 5) is 24.3. The molecule has 0 N–H and O–H groups in total. The molecule has 0 fully saturated rings. The molecule has 138 valence electrons. The fourth-order valence-corrected chi connectivity index (χ4v) is 2.88. The van der Waals surface area contributed by atoms with Gasteiger partial charge in [-0.3, -0.25) is 4.79 Å². The van der Waals surface area contributed by atoms with Gasteiger partial charge in [-0.25, -0.2) is 4.79 Å². The Kier molecular flexibility index (Phi) is 5.71. The molecule has 3 rings (SSSR count). The number of hydrogen-bond acceptors (Lipinski definition) is 4. The number of esters is 1. The third kappa shape index (κ3) is 4.64. The number of ketones is 1. The second-order valence-electron chi connectivity index (χ2n) is 6.23. The Morgan fingerprint density at radius 3 is 2.59 bits per heavy atom. The largest absolute Gasteiger partial charge is 0.467 e. The van der Waals surface area contributed by atoms with Crippen LogP contribution in [0.5, 0.6) is 0 Å². The normalized spacial score (nSPS) is 11.0. The van der Waals surface area contributed by atoms with E-state index in [-0.39, 0.29) is 12.4 Å². The summed E-state index contributed by atoms with van der Waals surface area (Å²) in [7, 11) is 0. The van der Waals surface area contributed by atoms with E-state index in [0.29, 0.717) is 12.1 Å². The molecule has 0 saturated carbocycles. The van der Waals surface area contributed by atoms with E-state index in [1.54, 1.807) is 12.3 Å². The maximum Gasteiger partial charge on any atom is 0.331 e. The van der Waals surface area contributed by atoms with Crippen molar-refractivity contribution in [3.05, 3.63) is 89.1 Å². The van der Waals surface area contributed by atoms with Crippen LogP contribution >= 0.6 is 0 Å². The summed E-state index contributed by atoms with van der Waals surface area (Å²) in [6.45, 7) is 4.07. The highest BCUT2D eigenvalue weighted by atomic mass is 16.5. The lowest BCUT2D eigenvalue weighted by Crippen LogP contribution is -2.13. The van der Waals surface area contributed by atoms with Crippen LogP contribution in [0.2, 0.25) is 0 Å². The molecule has 0 saturated heterocycles. The third-order valence-corrected chi connectivity index (χ3v) is 4.33. The summed E-state index contributed by atoms with van der Waals surface area (Å²) in [5.74, 6) is 0.0418. The van der Waals surface area contributed by atoms with Crippen LogP contribution in [0.1, 0.15) is 33.1 Å². The van der Waals surface area contributed by atoms with Gasteiger partial charge in [0.05, 0.1) is 12.8 Å². The summed E-state index contributed by atoms with van der Waals surface area (Å²) in [6, 6.07) is 15.0. The zero-order chi connectivity index (χ0) is 19.2. The minimum absolute atomic E-state index is 0.227.